The second kappa shape index (κ2) is 5.70. The molecule has 9 heteroatoms. The Bertz CT molecular complexity index is 741. The smallest absolute Gasteiger partial charge is 0.245 e. The van der Waals surface area contributed by atoms with Crippen LogP contribution < -0.4 is 10.5 Å². The fourth-order valence-corrected chi connectivity index (χ4v) is 3.02. The van der Waals surface area contributed by atoms with E-state index in [9.17, 15) is 8.42 Å². The summed E-state index contributed by atoms with van der Waals surface area (Å²) in [6.45, 7) is 1.80. The number of aromatic amines is 1. The lowest BCUT2D eigenvalue weighted by molar-refractivity contribution is 0.414. The summed E-state index contributed by atoms with van der Waals surface area (Å²) in [5, 5.41) is 6.59. The number of hydrogen-bond acceptors (Lipinski definition) is 6. The topological polar surface area (TPSA) is 114 Å². The maximum Gasteiger partial charge on any atom is 0.245 e. The lowest BCUT2D eigenvalue weighted by Crippen LogP contribution is -2.27. The summed E-state index contributed by atoms with van der Waals surface area (Å²) in [7, 11) is -0.789. The van der Waals surface area contributed by atoms with Crippen molar-refractivity contribution >= 4 is 15.7 Å². The Morgan fingerprint density at radius 2 is 2.14 bits per heavy atom. The number of benzene rings is 1. The van der Waals surface area contributed by atoms with Gasteiger partial charge in [-0.2, -0.15) is 9.40 Å². The lowest BCUT2D eigenvalue weighted by Gasteiger charge is -2.17. The predicted molar refractivity (Wildman–Crippen MR) is 77.2 cm³/mol. The first-order valence-electron chi connectivity index (χ1n) is 6.12. The van der Waals surface area contributed by atoms with Crippen LogP contribution in [-0.4, -0.2) is 42.1 Å². The number of nitrogen functional groups attached to an aromatic ring is 1. The van der Waals surface area contributed by atoms with Gasteiger partial charge in [-0.25, -0.2) is 13.4 Å². The van der Waals surface area contributed by atoms with E-state index in [-0.39, 0.29) is 17.1 Å². The van der Waals surface area contributed by atoms with Gasteiger partial charge in [0.05, 0.1) is 19.3 Å². The van der Waals surface area contributed by atoms with Gasteiger partial charge in [0.2, 0.25) is 10.0 Å². The molecule has 8 nitrogen and oxygen atoms in total. The van der Waals surface area contributed by atoms with Crippen LogP contribution in [0.4, 0.5) is 5.69 Å². The molecule has 0 saturated heterocycles. The van der Waals surface area contributed by atoms with Crippen LogP contribution in [0.25, 0.3) is 0 Å². The molecule has 1 aromatic carbocycles. The van der Waals surface area contributed by atoms with Gasteiger partial charge in [-0.05, 0) is 19.1 Å². The Labute approximate surface area is 123 Å². The van der Waals surface area contributed by atoms with Crippen LogP contribution in [0.5, 0.6) is 5.75 Å². The van der Waals surface area contributed by atoms with E-state index in [1.54, 1.807) is 13.0 Å². The van der Waals surface area contributed by atoms with E-state index in [1.165, 1.54) is 26.3 Å². The van der Waals surface area contributed by atoms with Crippen molar-refractivity contribution in [1.82, 2.24) is 19.5 Å². The van der Waals surface area contributed by atoms with Crippen molar-refractivity contribution < 1.29 is 13.2 Å². The Hall–Kier alpha value is -2.13. The first-order valence-corrected chi connectivity index (χ1v) is 7.56. The number of ether oxygens (including phenoxy) is 1. The van der Waals surface area contributed by atoms with E-state index >= 15 is 0 Å². The number of anilines is 1. The van der Waals surface area contributed by atoms with Crippen LogP contribution in [0.15, 0.2) is 23.1 Å². The van der Waals surface area contributed by atoms with Crippen LogP contribution in [0.2, 0.25) is 0 Å². The lowest BCUT2D eigenvalue weighted by atomic mass is 10.3. The molecular formula is C12H17N5O3S. The molecule has 3 N–H and O–H groups in total. The number of rotatable bonds is 5. The van der Waals surface area contributed by atoms with Gasteiger partial charge in [-0.15, -0.1) is 0 Å². The van der Waals surface area contributed by atoms with Crippen LogP contribution in [0, 0.1) is 6.92 Å². The van der Waals surface area contributed by atoms with Crippen LogP contribution in [-0.2, 0) is 16.6 Å². The van der Waals surface area contributed by atoms with Crippen molar-refractivity contribution in [3.63, 3.8) is 0 Å². The van der Waals surface area contributed by atoms with Crippen LogP contribution in [0.3, 0.4) is 0 Å². The largest absolute Gasteiger partial charge is 0.497 e. The zero-order chi connectivity index (χ0) is 15.6. The molecule has 2 aromatic rings. The molecule has 21 heavy (non-hydrogen) atoms. The second-order valence-electron chi connectivity index (χ2n) is 4.50. The number of nitrogens with one attached hydrogen (secondary N) is 1. The zero-order valence-corrected chi connectivity index (χ0v) is 12.8. The molecule has 0 atom stereocenters. The van der Waals surface area contributed by atoms with Crippen LogP contribution in [0.1, 0.15) is 11.6 Å². The van der Waals surface area contributed by atoms with E-state index < -0.39 is 10.0 Å². The number of methoxy groups -OCH3 is 1. The number of sulfonamides is 1. The average molecular weight is 311 g/mol. The number of aromatic nitrogens is 3. The first-order chi connectivity index (χ1) is 9.84. The molecule has 0 fully saturated rings. The minimum absolute atomic E-state index is 0.0260. The Kier molecular flexibility index (Phi) is 4.14. The van der Waals surface area contributed by atoms with Crippen molar-refractivity contribution in [2.24, 2.45) is 0 Å². The fourth-order valence-electron chi connectivity index (χ4n) is 1.80. The normalized spacial score (nSPS) is 11.8. The van der Waals surface area contributed by atoms with E-state index in [2.05, 4.69) is 15.2 Å². The van der Waals surface area contributed by atoms with Gasteiger partial charge < -0.3 is 10.5 Å². The van der Waals surface area contributed by atoms with E-state index in [4.69, 9.17) is 10.5 Å². The first kappa shape index (κ1) is 15.3. The van der Waals surface area contributed by atoms with E-state index in [0.717, 1.165) is 4.31 Å². The quantitative estimate of drug-likeness (QED) is 0.778. The maximum absolute atomic E-state index is 12.5. The van der Waals surface area contributed by atoms with Gasteiger partial charge in [0.25, 0.3) is 0 Å². The molecular weight excluding hydrogens is 294 g/mol. The van der Waals surface area contributed by atoms with Crippen molar-refractivity contribution in [3.8, 4) is 5.75 Å². The summed E-state index contributed by atoms with van der Waals surface area (Å²) in [5.41, 5.74) is 5.93. The minimum Gasteiger partial charge on any atom is -0.497 e. The monoisotopic (exact) mass is 311 g/mol. The highest BCUT2D eigenvalue weighted by Gasteiger charge is 2.24. The summed E-state index contributed by atoms with van der Waals surface area (Å²) >= 11 is 0. The fraction of sp³-hybridized carbons (Fsp3) is 0.333. The summed E-state index contributed by atoms with van der Waals surface area (Å²) in [6, 6.07) is 4.44. The highest BCUT2D eigenvalue weighted by atomic mass is 32.2. The highest BCUT2D eigenvalue weighted by molar-refractivity contribution is 7.89. The Morgan fingerprint density at radius 3 is 2.67 bits per heavy atom. The molecule has 0 unspecified atom stereocenters. The Morgan fingerprint density at radius 1 is 1.43 bits per heavy atom. The van der Waals surface area contributed by atoms with E-state index in [0.29, 0.717) is 17.4 Å². The molecule has 0 aliphatic carbocycles. The summed E-state index contributed by atoms with van der Waals surface area (Å²) in [6.07, 6.45) is 0. The van der Waals surface area contributed by atoms with Gasteiger partial charge in [0, 0.05) is 13.1 Å². The SMILES string of the molecule is COc1ccc(S(=O)(=O)N(C)Cc2n[nH]c(C)n2)c(N)c1. The molecule has 0 aliphatic rings. The van der Waals surface area contributed by atoms with Gasteiger partial charge in [-0.3, -0.25) is 5.10 Å². The highest BCUT2D eigenvalue weighted by Crippen LogP contribution is 2.26. The molecule has 0 saturated carbocycles. The molecule has 0 aliphatic heterocycles. The van der Waals surface area contributed by atoms with Crippen molar-refractivity contribution in [2.75, 3.05) is 19.9 Å². The van der Waals surface area contributed by atoms with Gasteiger partial charge in [0.15, 0.2) is 5.82 Å². The minimum atomic E-state index is -3.72. The van der Waals surface area contributed by atoms with Crippen LogP contribution >= 0.6 is 0 Å². The maximum atomic E-state index is 12.5. The predicted octanol–water partition coefficient (Wildman–Crippen LogP) is 0.525. The van der Waals surface area contributed by atoms with Crippen molar-refractivity contribution in [2.45, 2.75) is 18.4 Å². The molecule has 0 spiro atoms. The molecule has 0 bridgehead atoms. The number of nitrogens with zero attached hydrogens (tertiary/aromatic N) is 3. The molecule has 0 radical (unpaired) electrons. The standard InChI is InChI=1S/C12H17N5O3S/c1-8-14-12(16-15-8)7-17(2)21(18,19)11-5-4-9(20-3)6-10(11)13/h4-6H,7,13H2,1-3H3,(H,14,15,16). The summed E-state index contributed by atoms with van der Waals surface area (Å²) in [4.78, 5) is 4.11. The zero-order valence-electron chi connectivity index (χ0n) is 12.0. The number of H-pyrrole nitrogens is 1. The molecule has 1 heterocycles. The number of aryl methyl sites for hydroxylation is 1. The van der Waals surface area contributed by atoms with Gasteiger partial charge in [-0.1, -0.05) is 0 Å². The molecule has 2 rings (SSSR count). The molecule has 0 amide bonds. The van der Waals surface area contributed by atoms with Gasteiger partial charge >= 0.3 is 0 Å². The second-order valence-corrected chi connectivity index (χ2v) is 6.52. The third kappa shape index (κ3) is 3.14. The summed E-state index contributed by atoms with van der Waals surface area (Å²) in [5.74, 6) is 1.52. The molecule has 1 aromatic heterocycles. The molecule has 114 valence electrons. The van der Waals surface area contributed by atoms with Gasteiger partial charge in [0.1, 0.15) is 16.5 Å². The van der Waals surface area contributed by atoms with Crippen molar-refractivity contribution in [3.05, 3.63) is 29.8 Å². The Balaban J connectivity index is 2.28. The summed E-state index contributed by atoms with van der Waals surface area (Å²) < 4.78 is 31.2. The third-order valence-electron chi connectivity index (χ3n) is 2.91. The third-order valence-corrected chi connectivity index (χ3v) is 4.79. The van der Waals surface area contributed by atoms with E-state index in [1.807, 2.05) is 0 Å². The van der Waals surface area contributed by atoms with Crippen molar-refractivity contribution in [1.29, 1.82) is 0 Å². The number of nitrogens with two attached hydrogens (primary N) is 1. The average Bonchev–Trinajstić information content (AvgIpc) is 2.83. The number of hydrogen-bond donors (Lipinski definition) is 2.